The molecule has 1 aliphatic heterocycles. The van der Waals surface area contributed by atoms with E-state index in [4.69, 9.17) is 4.74 Å². The molecule has 0 unspecified atom stereocenters. The van der Waals surface area contributed by atoms with E-state index < -0.39 is 0 Å². The number of rotatable bonds is 4. The van der Waals surface area contributed by atoms with Gasteiger partial charge in [-0.3, -0.25) is 0 Å². The average Bonchev–Trinajstić information content (AvgIpc) is 3.46. The van der Waals surface area contributed by atoms with E-state index in [1.54, 1.807) is 0 Å². The molecule has 6 aliphatic carbocycles. The number of fused-ring (bicyclic) bond motifs is 6. The molecule has 2 nitrogen and oxygen atoms in total. The predicted octanol–water partition coefficient (Wildman–Crippen LogP) is 15.3. The summed E-state index contributed by atoms with van der Waals surface area (Å²) >= 11 is 0. The molecule has 1 heterocycles. The van der Waals surface area contributed by atoms with Gasteiger partial charge >= 0.3 is 0 Å². The quantitative estimate of drug-likeness (QED) is 0.177. The van der Waals surface area contributed by atoms with Crippen molar-refractivity contribution in [2.45, 2.75) is 108 Å². The highest BCUT2D eigenvalue weighted by Gasteiger charge is 2.61. The molecule has 6 aromatic carbocycles. The maximum Gasteiger partial charge on any atom is 0.132 e. The van der Waals surface area contributed by atoms with Gasteiger partial charge in [-0.05, 0) is 161 Å². The van der Waals surface area contributed by atoms with Crippen LogP contribution in [0.1, 0.15) is 120 Å². The van der Waals surface area contributed by atoms with Crippen LogP contribution in [0, 0.1) is 23.7 Å². The maximum atomic E-state index is 7.15. The van der Waals surface area contributed by atoms with Gasteiger partial charge in [-0.1, -0.05) is 126 Å². The molecule has 0 amide bonds. The van der Waals surface area contributed by atoms with E-state index in [1.165, 1.54) is 118 Å². The molecule has 0 radical (unpaired) electrons. The smallest absolute Gasteiger partial charge is 0.132 e. The molecule has 6 aromatic rings. The fraction of sp³-hybridized carbons (Fsp3) is 0.368. The average molecular weight is 772 g/mol. The molecule has 59 heavy (non-hydrogen) atoms. The molecule has 13 rings (SSSR count). The Morgan fingerprint density at radius 3 is 1.78 bits per heavy atom. The van der Waals surface area contributed by atoms with Crippen molar-refractivity contribution in [3.8, 4) is 33.8 Å². The fourth-order valence-corrected chi connectivity index (χ4v) is 14.0. The van der Waals surface area contributed by atoms with Crippen molar-refractivity contribution in [2.24, 2.45) is 23.7 Å². The third-order valence-electron chi connectivity index (χ3n) is 16.8. The number of hydrogen-bond acceptors (Lipinski definition) is 2. The summed E-state index contributed by atoms with van der Waals surface area (Å²) in [6, 6.07) is 49.2. The molecular formula is C57H57NO. The Bertz CT molecular complexity index is 2670. The Morgan fingerprint density at radius 1 is 0.458 bits per heavy atom. The van der Waals surface area contributed by atoms with E-state index in [-0.39, 0.29) is 21.7 Å². The second-order valence-corrected chi connectivity index (χ2v) is 21.2. The SMILES string of the molecule is CC1(C)CCC(C)(C)c2cc(N(c3ccc4c(c3)C(C)(C)c3ccccc3-4)c3cc4c(cc3-c3ccccc3)Oc3ccccc3C43C4CC5CC(C4)CC3C5)ccc21. The van der Waals surface area contributed by atoms with Crippen molar-refractivity contribution < 1.29 is 4.74 Å². The molecule has 0 saturated heterocycles. The van der Waals surface area contributed by atoms with Crippen LogP contribution in [0.3, 0.4) is 0 Å². The summed E-state index contributed by atoms with van der Waals surface area (Å²) in [6.45, 7) is 14.6. The minimum atomic E-state index is -0.115. The van der Waals surface area contributed by atoms with Crippen molar-refractivity contribution in [3.05, 3.63) is 161 Å². The topological polar surface area (TPSA) is 12.5 Å². The van der Waals surface area contributed by atoms with Crippen LogP contribution in [-0.2, 0) is 21.7 Å². The second kappa shape index (κ2) is 12.2. The molecule has 2 heteroatoms. The van der Waals surface area contributed by atoms with Crippen LogP contribution in [0.5, 0.6) is 11.5 Å². The number of hydrogen-bond donors (Lipinski definition) is 0. The number of anilines is 3. The van der Waals surface area contributed by atoms with Gasteiger partial charge in [0.2, 0.25) is 0 Å². The standard InChI is InChI=1S/C57H57NO/c1-54(2)24-25-55(3,4)49-32-41(21-23-46(49)54)58(40-20-22-43-42-16-10-11-17-45(42)56(5,6)48(43)31-40)51-34-50-53(33-44(51)37-14-8-7-9-15-37)59-52-19-13-12-18-47(52)57(50)38-27-35-26-36(29-38)30-39(57)28-35/h7-23,31-36,38-39H,24-30H2,1-6H3. The number of ether oxygens (including phenoxy) is 1. The van der Waals surface area contributed by atoms with Crippen molar-refractivity contribution in [3.63, 3.8) is 0 Å². The summed E-state index contributed by atoms with van der Waals surface area (Å²) in [5.74, 6) is 5.09. The molecule has 0 aromatic heterocycles. The maximum absolute atomic E-state index is 7.15. The van der Waals surface area contributed by atoms with E-state index in [0.29, 0.717) is 11.8 Å². The van der Waals surface area contributed by atoms with Crippen LogP contribution < -0.4 is 9.64 Å². The zero-order chi connectivity index (χ0) is 40.1. The molecule has 4 saturated carbocycles. The van der Waals surface area contributed by atoms with E-state index in [2.05, 4.69) is 174 Å². The highest BCUT2D eigenvalue weighted by molar-refractivity contribution is 5.92. The molecule has 296 valence electrons. The highest BCUT2D eigenvalue weighted by Crippen LogP contribution is 2.69. The lowest BCUT2D eigenvalue weighted by Gasteiger charge is -2.63. The first-order chi connectivity index (χ1) is 28.4. The Labute approximate surface area is 351 Å². The summed E-state index contributed by atoms with van der Waals surface area (Å²) in [5.41, 5.74) is 17.5. The Hall–Kier alpha value is -5.08. The minimum absolute atomic E-state index is 0.0589. The summed E-state index contributed by atoms with van der Waals surface area (Å²) in [6.07, 6.45) is 9.14. The van der Waals surface area contributed by atoms with Crippen LogP contribution >= 0.6 is 0 Å². The van der Waals surface area contributed by atoms with Gasteiger partial charge in [-0.2, -0.15) is 0 Å². The lowest BCUT2D eigenvalue weighted by molar-refractivity contribution is -0.0452. The monoisotopic (exact) mass is 771 g/mol. The van der Waals surface area contributed by atoms with Crippen LogP contribution in [0.25, 0.3) is 22.3 Å². The molecule has 0 atom stereocenters. The third-order valence-corrected chi connectivity index (χ3v) is 16.8. The number of benzene rings is 6. The Kier molecular flexibility index (Phi) is 7.44. The van der Waals surface area contributed by atoms with Gasteiger partial charge in [-0.15, -0.1) is 0 Å². The first-order valence-corrected chi connectivity index (χ1v) is 22.6. The third kappa shape index (κ3) is 4.98. The van der Waals surface area contributed by atoms with Gasteiger partial charge in [0.1, 0.15) is 11.5 Å². The Morgan fingerprint density at radius 2 is 1.05 bits per heavy atom. The van der Waals surface area contributed by atoms with Crippen molar-refractivity contribution in [2.75, 3.05) is 4.90 Å². The van der Waals surface area contributed by atoms with Crippen LogP contribution in [-0.4, -0.2) is 0 Å². The molecular weight excluding hydrogens is 715 g/mol. The molecule has 1 spiro atoms. The van der Waals surface area contributed by atoms with E-state index in [0.717, 1.165) is 23.3 Å². The van der Waals surface area contributed by atoms with Crippen molar-refractivity contribution >= 4 is 17.1 Å². The lowest BCUT2D eigenvalue weighted by Crippen LogP contribution is -2.57. The minimum Gasteiger partial charge on any atom is -0.457 e. The summed E-state index contributed by atoms with van der Waals surface area (Å²) in [4.78, 5) is 2.64. The van der Waals surface area contributed by atoms with Crippen molar-refractivity contribution in [1.29, 1.82) is 0 Å². The summed E-state index contributed by atoms with van der Waals surface area (Å²) in [5, 5.41) is 0. The summed E-state index contributed by atoms with van der Waals surface area (Å²) < 4.78 is 7.15. The van der Waals surface area contributed by atoms with E-state index >= 15 is 0 Å². The van der Waals surface area contributed by atoms with E-state index in [1.807, 2.05) is 0 Å². The summed E-state index contributed by atoms with van der Waals surface area (Å²) in [7, 11) is 0. The van der Waals surface area contributed by atoms with Gasteiger partial charge < -0.3 is 9.64 Å². The van der Waals surface area contributed by atoms with Crippen LogP contribution in [0.4, 0.5) is 17.1 Å². The zero-order valence-corrected chi connectivity index (χ0v) is 35.7. The van der Waals surface area contributed by atoms with Crippen LogP contribution in [0.2, 0.25) is 0 Å². The number of para-hydroxylation sites is 1. The second-order valence-electron chi connectivity index (χ2n) is 21.2. The molecule has 4 fully saturated rings. The van der Waals surface area contributed by atoms with Gasteiger partial charge in [0.05, 0.1) is 5.69 Å². The Balaban J connectivity index is 1.15. The first kappa shape index (κ1) is 35.8. The van der Waals surface area contributed by atoms with Crippen molar-refractivity contribution in [1.82, 2.24) is 0 Å². The largest absolute Gasteiger partial charge is 0.457 e. The fourth-order valence-electron chi connectivity index (χ4n) is 14.0. The lowest BCUT2D eigenvalue weighted by atomic mass is 9.41. The predicted molar refractivity (Wildman–Crippen MR) is 244 cm³/mol. The van der Waals surface area contributed by atoms with Gasteiger partial charge in [0.25, 0.3) is 0 Å². The zero-order valence-electron chi connectivity index (χ0n) is 35.7. The van der Waals surface area contributed by atoms with Crippen LogP contribution in [0.15, 0.2) is 127 Å². The first-order valence-electron chi connectivity index (χ1n) is 22.6. The molecule has 7 aliphatic rings. The molecule has 4 bridgehead atoms. The van der Waals surface area contributed by atoms with E-state index in [9.17, 15) is 0 Å². The van der Waals surface area contributed by atoms with Gasteiger partial charge in [0, 0.05) is 38.9 Å². The van der Waals surface area contributed by atoms with Gasteiger partial charge in [0.15, 0.2) is 0 Å². The normalized spacial score (nSPS) is 26.6. The highest BCUT2D eigenvalue weighted by atomic mass is 16.5. The number of nitrogens with zero attached hydrogens (tertiary/aromatic N) is 1. The van der Waals surface area contributed by atoms with Gasteiger partial charge in [-0.25, -0.2) is 0 Å². The molecule has 0 N–H and O–H groups in total.